The number of ether oxygens (including phenoxy) is 2. The Balaban J connectivity index is 1.29. The number of carbonyl (C=O) groups is 1. The van der Waals surface area contributed by atoms with Crippen LogP contribution in [0.5, 0.6) is 11.5 Å². The second-order valence-corrected chi connectivity index (χ2v) is 7.43. The summed E-state index contributed by atoms with van der Waals surface area (Å²) in [4.78, 5) is 12.2. The van der Waals surface area contributed by atoms with Gasteiger partial charge in [0.15, 0.2) is 16.7 Å². The van der Waals surface area contributed by atoms with E-state index in [2.05, 4.69) is 15.5 Å². The van der Waals surface area contributed by atoms with Gasteiger partial charge in [-0.2, -0.15) is 0 Å². The molecule has 7 nitrogen and oxygen atoms in total. The Morgan fingerprint density at radius 2 is 2.11 bits per heavy atom. The van der Waals surface area contributed by atoms with Crippen LogP contribution in [-0.2, 0) is 4.79 Å². The van der Waals surface area contributed by atoms with Crippen molar-refractivity contribution >= 4 is 29.3 Å². The minimum atomic E-state index is -0.223. The summed E-state index contributed by atoms with van der Waals surface area (Å²) in [6.07, 6.45) is 1.37. The predicted molar refractivity (Wildman–Crippen MR) is 106 cm³/mol. The van der Waals surface area contributed by atoms with Gasteiger partial charge in [0.2, 0.25) is 5.91 Å². The first-order valence-corrected chi connectivity index (χ1v) is 9.99. The van der Waals surface area contributed by atoms with Crippen molar-refractivity contribution in [2.75, 3.05) is 18.9 Å². The Hall–Kier alpha value is -2.71. The third-order valence-corrected chi connectivity index (χ3v) is 5.21. The fourth-order valence-electron chi connectivity index (χ4n) is 2.70. The van der Waals surface area contributed by atoms with Crippen molar-refractivity contribution in [1.82, 2.24) is 20.1 Å². The van der Waals surface area contributed by atoms with Crippen LogP contribution in [0.1, 0.15) is 0 Å². The van der Waals surface area contributed by atoms with E-state index in [0.29, 0.717) is 29.1 Å². The summed E-state index contributed by atoms with van der Waals surface area (Å²) in [7, 11) is 0. The van der Waals surface area contributed by atoms with Gasteiger partial charge in [-0.25, -0.2) is 0 Å². The van der Waals surface area contributed by atoms with Crippen LogP contribution in [0.2, 0.25) is 5.02 Å². The van der Waals surface area contributed by atoms with E-state index in [9.17, 15) is 4.79 Å². The summed E-state index contributed by atoms with van der Waals surface area (Å²) in [5.74, 6) is 1.51. The number of rotatable bonds is 6. The Morgan fingerprint density at radius 3 is 2.96 bits per heavy atom. The van der Waals surface area contributed by atoms with Crippen molar-refractivity contribution in [3.8, 4) is 17.2 Å². The van der Waals surface area contributed by atoms with Crippen LogP contribution in [0, 0.1) is 0 Å². The van der Waals surface area contributed by atoms with E-state index < -0.39 is 0 Å². The minimum absolute atomic E-state index is 0.117. The molecule has 0 saturated carbocycles. The fourth-order valence-corrected chi connectivity index (χ4v) is 3.64. The van der Waals surface area contributed by atoms with Gasteiger partial charge in [0.1, 0.15) is 19.0 Å². The van der Waals surface area contributed by atoms with Crippen LogP contribution in [-0.4, -0.2) is 45.7 Å². The van der Waals surface area contributed by atoms with Crippen molar-refractivity contribution < 1.29 is 14.3 Å². The van der Waals surface area contributed by atoms with E-state index in [1.165, 1.54) is 11.8 Å². The van der Waals surface area contributed by atoms with E-state index in [4.69, 9.17) is 21.1 Å². The van der Waals surface area contributed by atoms with Crippen LogP contribution in [0.15, 0.2) is 60.0 Å². The lowest BCUT2D eigenvalue weighted by Gasteiger charge is -2.26. The van der Waals surface area contributed by atoms with E-state index in [-0.39, 0.29) is 17.8 Å². The van der Waals surface area contributed by atoms with Gasteiger partial charge < -0.3 is 14.8 Å². The molecular formula is C19H17ClN4O3S. The second-order valence-electron chi connectivity index (χ2n) is 6.05. The summed E-state index contributed by atoms with van der Waals surface area (Å²) < 4.78 is 13.3. The fraction of sp³-hybridized carbons (Fsp3) is 0.211. The average Bonchev–Trinajstić information content (AvgIpc) is 3.19. The van der Waals surface area contributed by atoms with Gasteiger partial charge in [-0.3, -0.25) is 9.36 Å². The Kier molecular flexibility index (Phi) is 5.68. The molecule has 0 saturated heterocycles. The molecule has 1 atom stereocenters. The van der Waals surface area contributed by atoms with Crippen molar-refractivity contribution in [2.24, 2.45) is 0 Å². The van der Waals surface area contributed by atoms with E-state index in [0.717, 1.165) is 11.4 Å². The quantitative estimate of drug-likeness (QED) is 0.622. The lowest BCUT2D eigenvalue weighted by molar-refractivity contribution is -0.119. The number of fused-ring (bicyclic) bond motifs is 1. The molecule has 2 aromatic carbocycles. The number of hydrogen-bond acceptors (Lipinski definition) is 6. The molecule has 0 bridgehead atoms. The zero-order valence-electron chi connectivity index (χ0n) is 14.7. The van der Waals surface area contributed by atoms with Crippen molar-refractivity contribution in [1.29, 1.82) is 0 Å². The molecule has 0 spiro atoms. The molecule has 1 aliphatic heterocycles. The highest BCUT2D eigenvalue weighted by Gasteiger charge is 2.21. The number of thioether (sulfide) groups is 1. The monoisotopic (exact) mass is 416 g/mol. The number of amides is 1. The third-order valence-electron chi connectivity index (χ3n) is 4.03. The number of nitrogens with zero attached hydrogens (tertiary/aromatic N) is 3. The predicted octanol–water partition coefficient (Wildman–Crippen LogP) is 2.97. The van der Waals surface area contributed by atoms with Gasteiger partial charge in [0, 0.05) is 5.02 Å². The van der Waals surface area contributed by atoms with Gasteiger partial charge in [-0.15, -0.1) is 10.2 Å². The van der Waals surface area contributed by atoms with E-state index in [1.54, 1.807) is 17.0 Å². The molecule has 1 N–H and O–H groups in total. The third kappa shape index (κ3) is 4.40. The Bertz CT molecular complexity index is 981. The highest BCUT2D eigenvalue weighted by atomic mass is 35.5. The highest BCUT2D eigenvalue weighted by molar-refractivity contribution is 7.99. The number of aromatic nitrogens is 3. The Labute approximate surface area is 171 Å². The van der Waals surface area contributed by atoms with E-state index in [1.807, 2.05) is 42.5 Å². The van der Waals surface area contributed by atoms with Crippen molar-refractivity contribution in [3.63, 3.8) is 0 Å². The summed E-state index contributed by atoms with van der Waals surface area (Å²) in [6.45, 7) is 0.766. The number of nitrogens with one attached hydrogen (secondary N) is 1. The average molecular weight is 417 g/mol. The van der Waals surface area contributed by atoms with Crippen LogP contribution in [0.3, 0.4) is 0 Å². The van der Waals surface area contributed by atoms with E-state index >= 15 is 0 Å². The zero-order valence-corrected chi connectivity index (χ0v) is 16.3. The topological polar surface area (TPSA) is 78.3 Å². The molecular weight excluding hydrogens is 400 g/mol. The Morgan fingerprint density at radius 1 is 1.25 bits per heavy atom. The molecule has 3 aromatic rings. The second kappa shape index (κ2) is 8.53. The molecule has 0 aliphatic carbocycles. The number of carbonyl (C=O) groups excluding carboxylic acids is 1. The summed E-state index contributed by atoms with van der Waals surface area (Å²) in [6, 6.07) is 14.8. The summed E-state index contributed by atoms with van der Waals surface area (Å²) >= 11 is 7.34. The molecule has 1 amide bonds. The number of benzene rings is 2. The van der Waals surface area contributed by atoms with Gasteiger partial charge >= 0.3 is 0 Å². The lowest BCUT2D eigenvalue weighted by atomic mass is 10.2. The first-order valence-electron chi connectivity index (χ1n) is 8.63. The van der Waals surface area contributed by atoms with Gasteiger partial charge in [-0.05, 0) is 30.3 Å². The van der Waals surface area contributed by atoms with Crippen LogP contribution in [0.4, 0.5) is 0 Å². The molecule has 0 unspecified atom stereocenters. The minimum Gasteiger partial charge on any atom is -0.486 e. The van der Waals surface area contributed by atoms with Gasteiger partial charge in [0.25, 0.3) is 0 Å². The molecule has 144 valence electrons. The number of para-hydroxylation sites is 2. The molecule has 2 heterocycles. The molecule has 0 radical (unpaired) electrons. The number of halogens is 1. The van der Waals surface area contributed by atoms with Crippen molar-refractivity contribution in [2.45, 2.75) is 11.3 Å². The maximum absolute atomic E-state index is 12.2. The molecule has 28 heavy (non-hydrogen) atoms. The highest BCUT2D eigenvalue weighted by Crippen LogP contribution is 2.30. The summed E-state index contributed by atoms with van der Waals surface area (Å²) in [5, 5.41) is 12.1. The van der Waals surface area contributed by atoms with Gasteiger partial charge in [-0.1, -0.05) is 41.6 Å². The maximum Gasteiger partial charge on any atom is 0.230 e. The molecule has 9 heteroatoms. The molecule has 0 fully saturated rings. The normalized spacial score (nSPS) is 15.2. The first kappa shape index (κ1) is 18.6. The SMILES string of the molecule is O=C(CSc1nncn1-c1cccc(Cl)c1)NC[C@@H]1COc2ccccc2O1. The number of hydrogen-bond donors (Lipinski definition) is 1. The van der Waals surface area contributed by atoms with Gasteiger partial charge in [0.05, 0.1) is 18.0 Å². The molecule has 4 rings (SSSR count). The van der Waals surface area contributed by atoms with Crippen molar-refractivity contribution in [3.05, 3.63) is 59.9 Å². The largest absolute Gasteiger partial charge is 0.486 e. The molecule has 1 aromatic heterocycles. The molecule has 1 aliphatic rings. The maximum atomic E-state index is 12.2. The smallest absolute Gasteiger partial charge is 0.230 e. The lowest BCUT2D eigenvalue weighted by Crippen LogP contribution is -2.41. The van der Waals surface area contributed by atoms with Crippen LogP contribution in [0.25, 0.3) is 5.69 Å². The van der Waals surface area contributed by atoms with Crippen LogP contribution < -0.4 is 14.8 Å². The first-order chi connectivity index (χ1) is 13.7. The van der Waals surface area contributed by atoms with Crippen LogP contribution >= 0.6 is 23.4 Å². The summed E-state index contributed by atoms with van der Waals surface area (Å²) in [5.41, 5.74) is 0.840. The standard InChI is InChI=1S/C19H17ClN4O3S/c20-13-4-3-5-14(8-13)24-12-22-23-19(24)28-11-18(25)21-9-15-10-26-16-6-1-2-7-17(16)27-15/h1-8,12,15H,9-11H2,(H,21,25)/t15-/m1/s1. The zero-order chi connectivity index (χ0) is 19.3.